The van der Waals surface area contributed by atoms with E-state index in [0.29, 0.717) is 17.9 Å². The number of aryl methyl sites for hydroxylation is 1. The van der Waals surface area contributed by atoms with Gasteiger partial charge in [0.15, 0.2) is 11.5 Å². The molecule has 0 N–H and O–H groups in total. The van der Waals surface area contributed by atoms with Crippen LogP contribution in [0.3, 0.4) is 0 Å². The molecule has 0 atom stereocenters. The fraction of sp³-hybridized carbons (Fsp3) is 0.188. The molecule has 1 heterocycles. The Morgan fingerprint density at radius 2 is 2.05 bits per heavy atom. The SMILES string of the molecule is Cc1cccc(C#N)c1OCc1ccc2c(c1)OCO2. The molecule has 0 fully saturated rings. The smallest absolute Gasteiger partial charge is 0.231 e. The Labute approximate surface area is 117 Å². The highest BCUT2D eigenvalue weighted by molar-refractivity contribution is 5.48. The van der Waals surface area contributed by atoms with Crippen molar-refractivity contribution in [3.63, 3.8) is 0 Å². The van der Waals surface area contributed by atoms with Crippen molar-refractivity contribution >= 4 is 0 Å². The molecule has 0 aliphatic carbocycles. The van der Waals surface area contributed by atoms with Crippen molar-refractivity contribution in [1.82, 2.24) is 0 Å². The molecule has 3 rings (SSSR count). The molecule has 0 saturated heterocycles. The quantitative estimate of drug-likeness (QED) is 0.857. The van der Waals surface area contributed by atoms with Crippen molar-refractivity contribution in [2.75, 3.05) is 6.79 Å². The van der Waals surface area contributed by atoms with Crippen LogP contribution in [-0.2, 0) is 6.61 Å². The number of nitrogens with zero attached hydrogens (tertiary/aromatic N) is 1. The maximum atomic E-state index is 9.10. The van der Waals surface area contributed by atoms with Crippen LogP contribution in [0.2, 0.25) is 0 Å². The summed E-state index contributed by atoms with van der Waals surface area (Å²) in [5.74, 6) is 2.12. The molecule has 0 saturated carbocycles. The lowest BCUT2D eigenvalue weighted by Gasteiger charge is -2.11. The first-order valence-electron chi connectivity index (χ1n) is 6.29. The fourth-order valence-corrected chi connectivity index (χ4v) is 2.12. The van der Waals surface area contributed by atoms with Gasteiger partial charge < -0.3 is 14.2 Å². The van der Waals surface area contributed by atoms with Crippen molar-refractivity contribution in [1.29, 1.82) is 5.26 Å². The van der Waals surface area contributed by atoms with Crippen LogP contribution >= 0.6 is 0 Å². The van der Waals surface area contributed by atoms with Gasteiger partial charge in [0.2, 0.25) is 6.79 Å². The molecule has 4 heteroatoms. The first-order chi connectivity index (χ1) is 9.78. The first-order valence-corrected chi connectivity index (χ1v) is 6.29. The molecule has 20 heavy (non-hydrogen) atoms. The lowest BCUT2D eigenvalue weighted by atomic mass is 10.1. The van der Waals surface area contributed by atoms with Crippen LogP contribution in [0.5, 0.6) is 17.2 Å². The minimum Gasteiger partial charge on any atom is -0.487 e. The van der Waals surface area contributed by atoms with Crippen LogP contribution in [-0.4, -0.2) is 6.79 Å². The Morgan fingerprint density at radius 1 is 1.20 bits per heavy atom. The lowest BCUT2D eigenvalue weighted by molar-refractivity contribution is 0.174. The first kappa shape index (κ1) is 12.4. The van der Waals surface area contributed by atoms with Gasteiger partial charge in [-0.25, -0.2) is 0 Å². The Kier molecular flexibility index (Phi) is 3.18. The third-order valence-corrected chi connectivity index (χ3v) is 3.15. The summed E-state index contributed by atoms with van der Waals surface area (Å²) in [4.78, 5) is 0. The second-order valence-corrected chi connectivity index (χ2v) is 4.54. The van der Waals surface area contributed by atoms with Crippen molar-refractivity contribution < 1.29 is 14.2 Å². The van der Waals surface area contributed by atoms with Crippen molar-refractivity contribution in [3.05, 3.63) is 53.1 Å². The van der Waals surface area contributed by atoms with E-state index in [1.165, 1.54) is 0 Å². The molecule has 0 bridgehead atoms. The van der Waals surface area contributed by atoms with E-state index in [4.69, 9.17) is 19.5 Å². The van der Waals surface area contributed by atoms with E-state index in [2.05, 4.69) is 6.07 Å². The van der Waals surface area contributed by atoms with Gasteiger partial charge in [-0.15, -0.1) is 0 Å². The zero-order valence-electron chi connectivity index (χ0n) is 11.1. The molecule has 0 unspecified atom stereocenters. The number of nitriles is 1. The third-order valence-electron chi connectivity index (χ3n) is 3.15. The van der Waals surface area contributed by atoms with E-state index in [1.807, 2.05) is 37.3 Å². The summed E-state index contributed by atoms with van der Waals surface area (Å²) in [5.41, 5.74) is 2.47. The summed E-state index contributed by atoms with van der Waals surface area (Å²) in [6.07, 6.45) is 0. The zero-order chi connectivity index (χ0) is 13.9. The minimum atomic E-state index is 0.260. The Balaban J connectivity index is 1.79. The lowest BCUT2D eigenvalue weighted by Crippen LogP contribution is -1.99. The van der Waals surface area contributed by atoms with Gasteiger partial charge in [0.05, 0.1) is 5.56 Å². The number of benzene rings is 2. The van der Waals surface area contributed by atoms with Crippen LogP contribution < -0.4 is 14.2 Å². The van der Waals surface area contributed by atoms with Crippen molar-refractivity contribution in [2.45, 2.75) is 13.5 Å². The van der Waals surface area contributed by atoms with Crippen molar-refractivity contribution in [2.24, 2.45) is 0 Å². The number of fused-ring (bicyclic) bond motifs is 1. The molecule has 1 aliphatic heterocycles. The van der Waals surface area contributed by atoms with Gasteiger partial charge in [-0.2, -0.15) is 5.26 Å². The highest BCUT2D eigenvalue weighted by Gasteiger charge is 2.14. The Hall–Kier alpha value is -2.67. The summed E-state index contributed by atoms with van der Waals surface area (Å²) in [6.45, 7) is 2.57. The minimum absolute atomic E-state index is 0.260. The molecular weight excluding hydrogens is 254 g/mol. The second kappa shape index (κ2) is 5.14. The van der Waals surface area contributed by atoms with Crippen LogP contribution in [0.1, 0.15) is 16.7 Å². The van der Waals surface area contributed by atoms with E-state index < -0.39 is 0 Å². The summed E-state index contributed by atoms with van der Waals surface area (Å²) in [6, 6.07) is 13.4. The van der Waals surface area contributed by atoms with E-state index in [9.17, 15) is 0 Å². The Bertz CT molecular complexity index is 689. The molecule has 0 aromatic heterocycles. The predicted octanol–water partition coefficient (Wildman–Crippen LogP) is 3.17. The topological polar surface area (TPSA) is 51.5 Å². The molecule has 2 aromatic rings. The number of rotatable bonds is 3. The van der Waals surface area contributed by atoms with Crippen LogP contribution in [0.4, 0.5) is 0 Å². The summed E-state index contributed by atoms with van der Waals surface area (Å²) in [7, 11) is 0. The third kappa shape index (κ3) is 2.26. The highest BCUT2D eigenvalue weighted by atomic mass is 16.7. The Morgan fingerprint density at radius 3 is 2.90 bits per heavy atom. The molecule has 100 valence electrons. The van der Waals surface area contributed by atoms with Crippen LogP contribution in [0.15, 0.2) is 36.4 Å². The standard InChI is InChI=1S/C16H13NO3/c1-11-3-2-4-13(8-17)16(11)18-9-12-5-6-14-15(7-12)20-10-19-14/h2-7H,9-10H2,1H3. The monoisotopic (exact) mass is 267 g/mol. The maximum absolute atomic E-state index is 9.10. The van der Waals surface area contributed by atoms with Crippen LogP contribution in [0, 0.1) is 18.3 Å². The summed E-state index contributed by atoms with van der Waals surface area (Å²) in [5, 5.41) is 9.10. The van der Waals surface area contributed by atoms with Crippen molar-refractivity contribution in [3.8, 4) is 23.3 Å². The molecule has 4 nitrogen and oxygen atoms in total. The molecule has 2 aromatic carbocycles. The number of hydrogen-bond acceptors (Lipinski definition) is 4. The zero-order valence-corrected chi connectivity index (χ0v) is 11.1. The molecule has 0 radical (unpaired) electrons. The normalized spacial score (nSPS) is 12.0. The van der Waals surface area contributed by atoms with Gasteiger partial charge in [0.25, 0.3) is 0 Å². The van der Waals surface area contributed by atoms with Gasteiger partial charge in [0, 0.05) is 0 Å². The average Bonchev–Trinajstić information content (AvgIpc) is 2.93. The summed E-state index contributed by atoms with van der Waals surface area (Å²) < 4.78 is 16.4. The average molecular weight is 267 g/mol. The van der Waals surface area contributed by atoms with E-state index in [-0.39, 0.29) is 6.79 Å². The van der Waals surface area contributed by atoms with Gasteiger partial charge in [-0.3, -0.25) is 0 Å². The number of para-hydroxylation sites is 1. The van der Waals surface area contributed by atoms with E-state index >= 15 is 0 Å². The number of hydrogen-bond donors (Lipinski definition) is 0. The molecule has 1 aliphatic rings. The largest absolute Gasteiger partial charge is 0.487 e. The second-order valence-electron chi connectivity index (χ2n) is 4.54. The van der Waals surface area contributed by atoms with Crippen LogP contribution in [0.25, 0.3) is 0 Å². The van der Waals surface area contributed by atoms with E-state index in [1.54, 1.807) is 6.07 Å². The van der Waals surface area contributed by atoms with E-state index in [0.717, 1.165) is 22.6 Å². The van der Waals surface area contributed by atoms with Gasteiger partial charge in [0.1, 0.15) is 18.4 Å². The predicted molar refractivity (Wildman–Crippen MR) is 72.8 cm³/mol. The summed E-state index contributed by atoms with van der Waals surface area (Å²) >= 11 is 0. The van der Waals surface area contributed by atoms with Gasteiger partial charge in [-0.1, -0.05) is 18.2 Å². The number of ether oxygens (including phenoxy) is 3. The molecule has 0 spiro atoms. The fourth-order valence-electron chi connectivity index (χ4n) is 2.12. The molecule has 0 amide bonds. The van der Waals surface area contributed by atoms with Gasteiger partial charge in [-0.05, 0) is 36.2 Å². The molecular formula is C16H13NO3. The van der Waals surface area contributed by atoms with Gasteiger partial charge >= 0.3 is 0 Å². The highest BCUT2D eigenvalue weighted by Crippen LogP contribution is 2.33. The maximum Gasteiger partial charge on any atom is 0.231 e.